The van der Waals surface area contributed by atoms with Gasteiger partial charge in [-0.3, -0.25) is 0 Å². The van der Waals surface area contributed by atoms with Crippen LogP contribution in [0.1, 0.15) is 42.5 Å². The number of hydrogen-bond donors (Lipinski definition) is 1. The van der Waals surface area contributed by atoms with Crippen molar-refractivity contribution < 1.29 is 0 Å². The SMILES string of the molecule is CC(C)(C)c1nc(N)sc1Cc1ccc(C#N)cc1Br. The molecular formula is C15H16BrN3S. The third kappa shape index (κ3) is 3.20. The van der Waals surface area contributed by atoms with Crippen LogP contribution in [0.3, 0.4) is 0 Å². The lowest BCUT2D eigenvalue weighted by molar-refractivity contribution is 0.568. The fourth-order valence-corrected chi connectivity index (χ4v) is 3.59. The molecule has 0 saturated heterocycles. The maximum Gasteiger partial charge on any atom is 0.180 e. The van der Waals surface area contributed by atoms with E-state index in [0.29, 0.717) is 10.7 Å². The Morgan fingerprint density at radius 1 is 1.40 bits per heavy atom. The molecule has 3 nitrogen and oxygen atoms in total. The van der Waals surface area contributed by atoms with Crippen LogP contribution in [0, 0.1) is 11.3 Å². The van der Waals surface area contributed by atoms with Crippen molar-refractivity contribution in [3.05, 3.63) is 44.4 Å². The summed E-state index contributed by atoms with van der Waals surface area (Å²) in [4.78, 5) is 5.65. The molecule has 0 bridgehead atoms. The number of nitriles is 1. The molecule has 0 unspecified atom stereocenters. The van der Waals surface area contributed by atoms with E-state index in [1.807, 2.05) is 18.2 Å². The van der Waals surface area contributed by atoms with Crippen molar-refractivity contribution in [2.45, 2.75) is 32.6 Å². The molecule has 2 aromatic rings. The number of anilines is 1. The summed E-state index contributed by atoms with van der Waals surface area (Å²) >= 11 is 5.06. The molecular weight excluding hydrogens is 334 g/mol. The lowest BCUT2D eigenvalue weighted by Crippen LogP contribution is -2.14. The number of rotatable bonds is 2. The number of nitrogens with zero attached hydrogens (tertiary/aromatic N) is 2. The topological polar surface area (TPSA) is 62.7 Å². The summed E-state index contributed by atoms with van der Waals surface area (Å²) in [6.07, 6.45) is 0.772. The van der Waals surface area contributed by atoms with Crippen molar-refractivity contribution >= 4 is 32.4 Å². The van der Waals surface area contributed by atoms with E-state index >= 15 is 0 Å². The zero-order valence-electron chi connectivity index (χ0n) is 11.7. The molecule has 2 rings (SSSR count). The third-order valence-electron chi connectivity index (χ3n) is 2.96. The maximum absolute atomic E-state index is 8.90. The van der Waals surface area contributed by atoms with Gasteiger partial charge in [0.25, 0.3) is 0 Å². The largest absolute Gasteiger partial charge is 0.375 e. The average molecular weight is 350 g/mol. The van der Waals surface area contributed by atoms with E-state index in [1.54, 1.807) is 0 Å². The summed E-state index contributed by atoms with van der Waals surface area (Å²) in [6, 6.07) is 7.79. The molecule has 20 heavy (non-hydrogen) atoms. The highest BCUT2D eigenvalue weighted by molar-refractivity contribution is 9.10. The van der Waals surface area contributed by atoms with Gasteiger partial charge in [0.1, 0.15) is 0 Å². The lowest BCUT2D eigenvalue weighted by Gasteiger charge is -2.17. The number of halogens is 1. The molecule has 104 valence electrons. The van der Waals surface area contributed by atoms with Crippen molar-refractivity contribution in [2.24, 2.45) is 0 Å². The highest BCUT2D eigenvalue weighted by atomic mass is 79.9. The van der Waals surface area contributed by atoms with Crippen LogP contribution in [0.2, 0.25) is 0 Å². The highest BCUT2D eigenvalue weighted by Gasteiger charge is 2.23. The minimum atomic E-state index is -0.0253. The summed E-state index contributed by atoms with van der Waals surface area (Å²) in [6.45, 7) is 6.41. The van der Waals surface area contributed by atoms with Gasteiger partial charge >= 0.3 is 0 Å². The van der Waals surface area contributed by atoms with Gasteiger partial charge in [0, 0.05) is 21.2 Å². The summed E-state index contributed by atoms with van der Waals surface area (Å²) < 4.78 is 0.948. The first-order chi connectivity index (χ1) is 9.31. The molecule has 0 aliphatic carbocycles. The van der Waals surface area contributed by atoms with Gasteiger partial charge in [0.2, 0.25) is 0 Å². The second-order valence-corrected chi connectivity index (χ2v) is 7.64. The molecule has 0 atom stereocenters. The smallest absolute Gasteiger partial charge is 0.180 e. The van der Waals surface area contributed by atoms with Gasteiger partial charge in [0.15, 0.2) is 5.13 Å². The minimum absolute atomic E-state index is 0.0253. The number of nitrogens with two attached hydrogens (primary N) is 1. The van der Waals surface area contributed by atoms with E-state index in [4.69, 9.17) is 11.0 Å². The molecule has 1 aromatic heterocycles. The quantitative estimate of drug-likeness (QED) is 0.881. The first-order valence-electron chi connectivity index (χ1n) is 6.25. The first-order valence-corrected chi connectivity index (χ1v) is 7.86. The Labute approximate surface area is 131 Å². The molecule has 1 aromatic carbocycles. The molecule has 0 aliphatic rings. The summed E-state index contributed by atoms with van der Waals surface area (Å²) in [5.41, 5.74) is 8.68. The predicted molar refractivity (Wildman–Crippen MR) is 86.9 cm³/mol. The molecule has 2 N–H and O–H groups in total. The van der Waals surface area contributed by atoms with E-state index < -0.39 is 0 Å². The molecule has 0 amide bonds. The number of thiazole rings is 1. The fourth-order valence-electron chi connectivity index (χ4n) is 2.01. The van der Waals surface area contributed by atoms with E-state index in [-0.39, 0.29) is 5.41 Å². The number of hydrogen-bond acceptors (Lipinski definition) is 4. The Morgan fingerprint density at radius 2 is 2.10 bits per heavy atom. The van der Waals surface area contributed by atoms with Crippen LogP contribution < -0.4 is 5.73 Å². The van der Waals surface area contributed by atoms with Crippen LogP contribution in [0.4, 0.5) is 5.13 Å². The molecule has 0 saturated carbocycles. The molecule has 0 radical (unpaired) electrons. The van der Waals surface area contributed by atoms with Crippen molar-refractivity contribution in [1.82, 2.24) is 4.98 Å². The van der Waals surface area contributed by atoms with Gasteiger partial charge in [-0.25, -0.2) is 4.98 Å². The van der Waals surface area contributed by atoms with Crippen molar-refractivity contribution in [2.75, 3.05) is 5.73 Å². The van der Waals surface area contributed by atoms with Crippen molar-refractivity contribution in [3.8, 4) is 6.07 Å². The van der Waals surface area contributed by atoms with Gasteiger partial charge in [-0.2, -0.15) is 5.26 Å². The van der Waals surface area contributed by atoms with E-state index in [0.717, 1.165) is 22.2 Å². The Morgan fingerprint density at radius 3 is 2.65 bits per heavy atom. The zero-order valence-corrected chi connectivity index (χ0v) is 14.1. The second kappa shape index (κ2) is 5.55. The second-order valence-electron chi connectivity index (χ2n) is 5.67. The summed E-state index contributed by atoms with van der Waals surface area (Å²) in [5.74, 6) is 0. The Balaban J connectivity index is 2.38. The number of nitrogen functional groups attached to an aromatic ring is 1. The molecule has 1 heterocycles. The standard InChI is InChI=1S/C15H16BrN3S/c1-15(2,3)13-12(20-14(18)19-13)7-10-5-4-9(8-17)6-11(10)16/h4-6H,7H2,1-3H3,(H2,18,19). The van der Waals surface area contributed by atoms with E-state index in [1.165, 1.54) is 16.2 Å². The monoisotopic (exact) mass is 349 g/mol. The average Bonchev–Trinajstić information content (AvgIpc) is 2.73. The molecule has 0 aliphatic heterocycles. The Bertz CT molecular complexity index is 677. The van der Waals surface area contributed by atoms with Gasteiger partial charge in [-0.15, -0.1) is 11.3 Å². The van der Waals surface area contributed by atoms with Gasteiger partial charge in [-0.1, -0.05) is 42.8 Å². The summed E-state index contributed by atoms with van der Waals surface area (Å²) in [7, 11) is 0. The Hall–Kier alpha value is -1.38. The van der Waals surface area contributed by atoms with Crippen molar-refractivity contribution in [3.63, 3.8) is 0 Å². The maximum atomic E-state index is 8.90. The predicted octanol–water partition coefficient (Wildman–Crippen LogP) is 4.25. The van der Waals surface area contributed by atoms with E-state index in [9.17, 15) is 0 Å². The van der Waals surface area contributed by atoms with Crippen LogP contribution in [0.5, 0.6) is 0 Å². The van der Waals surface area contributed by atoms with Crippen LogP contribution >= 0.6 is 27.3 Å². The number of aromatic nitrogens is 1. The van der Waals surface area contributed by atoms with Gasteiger partial charge in [0.05, 0.1) is 17.3 Å². The normalized spacial score (nSPS) is 11.3. The van der Waals surface area contributed by atoms with Crippen LogP contribution in [0.15, 0.2) is 22.7 Å². The third-order valence-corrected chi connectivity index (χ3v) is 4.58. The van der Waals surface area contributed by atoms with E-state index in [2.05, 4.69) is 47.8 Å². The minimum Gasteiger partial charge on any atom is -0.375 e. The van der Waals surface area contributed by atoms with Crippen LogP contribution in [-0.2, 0) is 11.8 Å². The molecule has 5 heteroatoms. The van der Waals surface area contributed by atoms with Crippen LogP contribution in [-0.4, -0.2) is 4.98 Å². The van der Waals surface area contributed by atoms with Crippen LogP contribution in [0.25, 0.3) is 0 Å². The first kappa shape index (κ1) is 15.0. The van der Waals surface area contributed by atoms with Crippen molar-refractivity contribution in [1.29, 1.82) is 5.26 Å². The lowest BCUT2D eigenvalue weighted by atomic mass is 9.90. The summed E-state index contributed by atoms with van der Waals surface area (Å²) in [5, 5.41) is 9.51. The highest BCUT2D eigenvalue weighted by Crippen LogP contribution is 2.33. The fraction of sp³-hybridized carbons (Fsp3) is 0.333. The number of benzene rings is 1. The Kier molecular flexibility index (Phi) is 4.17. The van der Waals surface area contributed by atoms with Gasteiger partial charge < -0.3 is 5.73 Å². The molecule has 0 fully saturated rings. The molecule has 0 spiro atoms. The zero-order chi connectivity index (χ0) is 14.9. The van der Waals surface area contributed by atoms with Gasteiger partial charge in [-0.05, 0) is 17.7 Å².